The van der Waals surface area contributed by atoms with Crippen LogP contribution in [0.4, 0.5) is 0 Å². The van der Waals surface area contributed by atoms with E-state index in [1.807, 2.05) is 6.92 Å². The number of nitrogens with zero attached hydrogens (tertiary/aromatic N) is 1. The summed E-state index contributed by atoms with van der Waals surface area (Å²) >= 11 is 0. The number of hydrogen-bond acceptors (Lipinski definition) is 7. The molecule has 0 aromatic carbocycles. The number of aliphatic hydroxyl groups excluding tert-OH is 1. The number of hydrogen-bond donors (Lipinski definition) is 1. The molecule has 0 aromatic rings. The van der Waals surface area contributed by atoms with E-state index in [4.69, 9.17) is 9.47 Å². The van der Waals surface area contributed by atoms with Crippen LogP contribution in [0.3, 0.4) is 0 Å². The second-order valence-corrected chi connectivity index (χ2v) is 14.1. The minimum atomic E-state index is -0.746. The highest BCUT2D eigenvalue weighted by molar-refractivity contribution is 5.74. The molecule has 4 aliphatic carbocycles. The third-order valence-electron chi connectivity index (χ3n) is 12.1. The molecule has 1 heterocycles. The fourth-order valence-electron chi connectivity index (χ4n) is 10.1. The molecule has 208 valence electrons. The minimum absolute atomic E-state index is 0.0754. The summed E-state index contributed by atoms with van der Waals surface area (Å²) in [5.41, 5.74) is -0.346. The minimum Gasteiger partial charge on any atom is -0.465 e. The van der Waals surface area contributed by atoms with Crippen LogP contribution in [0.15, 0.2) is 5.18 Å². The van der Waals surface area contributed by atoms with E-state index in [2.05, 4.69) is 25.9 Å². The molecule has 0 aromatic heterocycles. The molecule has 11 atom stereocenters. The van der Waals surface area contributed by atoms with Gasteiger partial charge in [0.15, 0.2) is 0 Å². The van der Waals surface area contributed by atoms with Crippen molar-refractivity contribution in [2.24, 2.45) is 51.5 Å². The molecule has 5 rings (SSSR count). The Labute approximate surface area is 221 Å². The first kappa shape index (κ1) is 27.1. The Hall–Kier alpha value is -1.50. The summed E-state index contributed by atoms with van der Waals surface area (Å²) in [5.74, 6) is 2.23. The maximum absolute atomic E-state index is 12.7. The molecule has 5 aliphatic rings. The average molecular weight is 518 g/mol. The third-order valence-corrected chi connectivity index (χ3v) is 12.1. The Morgan fingerprint density at radius 1 is 1.08 bits per heavy atom. The van der Waals surface area contributed by atoms with Gasteiger partial charge < -0.3 is 14.6 Å². The third kappa shape index (κ3) is 4.76. The topological polar surface area (TPSA) is 102 Å². The lowest BCUT2D eigenvalue weighted by atomic mass is 9.43. The molecule has 1 aliphatic heterocycles. The second kappa shape index (κ2) is 9.91. The molecular weight excluding hydrogens is 470 g/mol. The van der Waals surface area contributed by atoms with E-state index in [-0.39, 0.29) is 41.3 Å². The van der Waals surface area contributed by atoms with Crippen LogP contribution in [0.2, 0.25) is 0 Å². The predicted molar refractivity (Wildman–Crippen MR) is 139 cm³/mol. The van der Waals surface area contributed by atoms with Gasteiger partial charge in [-0.3, -0.25) is 9.59 Å². The van der Waals surface area contributed by atoms with Gasteiger partial charge in [-0.1, -0.05) is 25.9 Å². The molecule has 11 unspecified atom stereocenters. The van der Waals surface area contributed by atoms with Crippen LogP contribution in [-0.4, -0.2) is 41.4 Å². The standard InChI is InChI=1S/C30H47NO6/c1-18(5-8-25(33)37-28(2)13-14-36-26(34)17-28)21-6-7-22-27-23(10-12-30(21,22)4)29(3)11-9-20(31-35)15-19(29)16-24(27)32/h18-24,27,32H,5-17H2,1-4H3. The molecule has 37 heavy (non-hydrogen) atoms. The highest BCUT2D eigenvalue weighted by Gasteiger charge is 2.63. The van der Waals surface area contributed by atoms with Gasteiger partial charge in [-0.05, 0) is 111 Å². The van der Waals surface area contributed by atoms with E-state index < -0.39 is 5.60 Å². The molecule has 1 saturated heterocycles. The van der Waals surface area contributed by atoms with Crippen molar-refractivity contribution in [1.82, 2.24) is 0 Å². The fraction of sp³-hybridized carbons (Fsp3) is 0.933. The zero-order chi connectivity index (χ0) is 26.6. The molecule has 0 amide bonds. The van der Waals surface area contributed by atoms with E-state index in [0.29, 0.717) is 55.0 Å². The zero-order valence-corrected chi connectivity index (χ0v) is 23.2. The largest absolute Gasteiger partial charge is 0.465 e. The van der Waals surface area contributed by atoms with Gasteiger partial charge in [-0.25, -0.2) is 0 Å². The lowest BCUT2D eigenvalue weighted by Crippen LogP contribution is -2.58. The van der Waals surface area contributed by atoms with Crippen molar-refractivity contribution in [2.45, 2.75) is 122 Å². The molecule has 0 bridgehead atoms. The van der Waals surface area contributed by atoms with Crippen LogP contribution >= 0.6 is 0 Å². The summed E-state index contributed by atoms with van der Waals surface area (Å²) in [7, 11) is 0. The average Bonchev–Trinajstić information content (AvgIpc) is 3.19. The Morgan fingerprint density at radius 3 is 2.54 bits per heavy atom. The van der Waals surface area contributed by atoms with Crippen molar-refractivity contribution < 1.29 is 24.2 Å². The lowest BCUT2D eigenvalue weighted by molar-refractivity contribution is -0.175. The van der Waals surface area contributed by atoms with Crippen LogP contribution < -0.4 is 0 Å². The first-order valence-electron chi connectivity index (χ1n) is 14.9. The van der Waals surface area contributed by atoms with E-state index in [0.717, 1.165) is 51.4 Å². The molecule has 0 radical (unpaired) electrons. The second-order valence-electron chi connectivity index (χ2n) is 14.1. The van der Waals surface area contributed by atoms with Crippen molar-refractivity contribution in [3.05, 3.63) is 4.91 Å². The summed E-state index contributed by atoms with van der Waals surface area (Å²) in [4.78, 5) is 35.6. The highest BCUT2D eigenvalue weighted by Crippen LogP contribution is 2.68. The van der Waals surface area contributed by atoms with E-state index in [1.54, 1.807) is 0 Å². The monoisotopic (exact) mass is 517 g/mol. The van der Waals surface area contributed by atoms with Gasteiger partial charge in [0.2, 0.25) is 0 Å². The van der Waals surface area contributed by atoms with Gasteiger partial charge in [-0.15, -0.1) is 0 Å². The molecule has 7 nitrogen and oxygen atoms in total. The smallest absolute Gasteiger partial charge is 0.309 e. The molecule has 5 fully saturated rings. The van der Waals surface area contributed by atoms with E-state index in [9.17, 15) is 19.6 Å². The highest BCUT2D eigenvalue weighted by atomic mass is 16.6. The first-order valence-corrected chi connectivity index (χ1v) is 14.9. The zero-order valence-electron chi connectivity index (χ0n) is 23.2. The van der Waals surface area contributed by atoms with Crippen molar-refractivity contribution >= 4 is 11.9 Å². The van der Waals surface area contributed by atoms with Gasteiger partial charge in [0, 0.05) is 12.8 Å². The van der Waals surface area contributed by atoms with Crippen LogP contribution in [0.5, 0.6) is 0 Å². The van der Waals surface area contributed by atoms with Crippen molar-refractivity contribution in [1.29, 1.82) is 0 Å². The maximum Gasteiger partial charge on any atom is 0.309 e. The number of carbonyl (C=O) groups is 2. The van der Waals surface area contributed by atoms with Crippen LogP contribution in [0.25, 0.3) is 0 Å². The van der Waals surface area contributed by atoms with Crippen molar-refractivity contribution in [3.8, 4) is 0 Å². The molecule has 7 heteroatoms. The summed E-state index contributed by atoms with van der Waals surface area (Å²) in [6.45, 7) is 9.34. The Morgan fingerprint density at radius 2 is 1.81 bits per heavy atom. The SMILES string of the molecule is CC(CCC(=O)OC1(C)CCOC(=O)C1)C1CCC2C3C(O)CC4CC(N=O)CCC4(C)C3CCC12C. The molecular formula is C30H47NO6. The number of carbonyl (C=O) groups excluding carboxylic acids is 2. The van der Waals surface area contributed by atoms with Gasteiger partial charge in [0.1, 0.15) is 5.60 Å². The number of esters is 2. The Bertz CT molecular complexity index is 909. The number of nitroso groups, excluding NO2 is 1. The maximum atomic E-state index is 12.7. The number of aliphatic hydroxyl groups is 1. The van der Waals surface area contributed by atoms with Crippen molar-refractivity contribution in [2.75, 3.05) is 6.61 Å². The van der Waals surface area contributed by atoms with Crippen LogP contribution in [-0.2, 0) is 19.1 Å². The van der Waals surface area contributed by atoms with Crippen molar-refractivity contribution in [3.63, 3.8) is 0 Å². The number of cyclic esters (lactones) is 1. The van der Waals surface area contributed by atoms with E-state index >= 15 is 0 Å². The van der Waals surface area contributed by atoms with Crippen LogP contribution in [0, 0.1) is 51.2 Å². The quantitative estimate of drug-likeness (QED) is 0.352. The normalized spacial score (nSPS) is 48.1. The number of fused-ring (bicyclic) bond motifs is 5. The fourth-order valence-corrected chi connectivity index (χ4v) is 10.1. The lowest BCUT2D eigenvalue weighted by Gasteiger charge is -2.62. The summed E-state index contributed by atoms with van der Waals surface area (Å²) in [6, 6.07) is -0.0754. The van der Waals surface area contributed by atoms with Gasteiger partial charge in [0.25, 0.3) is 0 Å². The Kier molecular flexibility index (Phi) is 7.25. The van der Waals surface area contributed by atoms with Gasteiger partial charge >= 0.3 is 11.9 Å². The molecule has 1 N–H and O–H groups in total. The summed E-state index contributed by atoms with van der Waals surface area (Å²) in [5, 5.41) is 14.9. The molecule has 0 spiro atoms. The van der Waals surface area contributed by atoms with E-state index in [1.165, 1.54) is 6.42 Å². The number of rotatable bonds is 6. The van der Waals surface area contributed by atoms with Crippen LogP contribution in [0.1, 0.15) is 105 Å². The Balaban J connectivity index is 1.22. The van der Waals surface area contributed by atoms with Gasteiger partial charge in [0.05, 0.1) is 25.2 Å². The predicted octanol–water partition coefficient (Wildman–Crippen LogP) is 5.81. The van der Waals surface area contributed by atoms with Gasteiger partial charge in [-0.2, -0.15) is 4.91 Å². The summed E-state index contributed by atoms with van der Waals surface area (Å²) < 4.78 is 10.8. The first-order chi connectivity index (χ1) is 17.5. The summed E-state index contributed by atoms with van der Waals surface area (Å²) in [6.07, 6.45) is 9.85. The number of ether oxygens (including phenoxy) is 2. The molecule has 4 saturated carbocycles.